The minimum atomic E-state index is 0.598. The largest absolute Gasteiger partial charge is 0.265 e. The average Bonchev–Trinajstić information content (AvgIpc) is 3.15. The SMILES string of the molecule is c1ccc(-c2ccc(-c3nc(-c4ccccc4)nc(-c4cc(-c5ccncc5)cc(-c5cccc6cccnc56)c4)n3)cc2)cc1. The number of aromatic nitrogens is 5. The van der Waals surface area contributed by atoms with Crippen LogP contribution in [-0.2, 0) is 0 Å². The number of para-hydroxylation sites is 1. The maximum absolute atomic E-state index is 5.08. The summed E-state index contributed by atoms with van der Waals surface area (Å²) in [6.07, 6.45) is 5.47. The van der Waals surface area contributed by atoms with Gasteiger partial charge < -0.3 is 0 Å². The average molecular weight is 590 g/mol. The molecule has 0 bridgehead atoms. The van der Waals surface area contributed by atoms with Crippen molar-refractivity contribution in [2.45, 2.75) is 0 Å². The summed E-state index contributed by atoms with van der Waals surface area (Å²) < 4.78 is 0. The quantitative estimate of drug-likeness (QED) is 0.193. The minimum absolute atomic E-state index is 0.598. The fourth-order valence-electron chi connectivity index (χ4n) is 5.75. The van der Waals surface area contributed by atoms with Crippen molar-refractivity contribution in [3.8, 4) is 67.5 Å². The molecule has 0 amide bonds. The third kappa shape index (κ3) is 5.42. The number of nitrogens with zero attached hydrogens (tertiary/aromatic N) is 5. The smallest absolute Gasteiger partial charge is 0.164 e. The molecule has 3 heterocycles. The highest BCUT2D eigenvalue weighted by Crippen LogP contribution is 2.35. The topological polar surface area (TPSA) is 64.5 Å². The second kappa shape index (κ2) is 12.0. The van der Waals surface area contributed by atoms with Crippen LogP contribution in [0.3, 0.4) is 0 Å². The molecule has 0 radical (unpaired) electrons. The van der Waals surface area contributed by atoms with E-state index in [0.717, 1.165) is 55.4 Å². The van der Waals surface area contributed by atoms with E-state index in [2.05, 4.69) is 96.0 Å². The first kappa shape index (κ1) is 27.2. The lowest BCUT2D eigenvalue weighted by Gasteiger charge is -2.13. The zero-order valence-corrected chi connectivity index (χ0v) is 24.8. The zero-order chi connectivity index (χ0) is 30.7. The summed E-state index contributed by atoms with van der Waals surface area (Å²) >= 11 is 0. The number of hydrogen-bond acceptors (Lipinski definition) is 5. The van der Waals surface area contributed by atoms with Crippen LogP contribution < -0.4 is 0 Å². The molecule has 0 atom stereocenters. The van der Waals surface area contributed by atoms with Gasteiger partial charge in [0.15, 0.2) is 17.5 Å². The molecule has 216 valence electrons. The van der Waals surface area contributed by atoms with Crippen molar-refractivity contribution in [3.05, 3.63) is 164 Å². The maximum Gasteiger partial charge on any atom is 0.164 e. The van der Waals surface area contributed by atoms with Crippen molar-refractivity contribution >= 4 is 10.9 Å². The Balaban J connectivity index is 1.32. The fraction of sp³-hybridized carbons (Fsp3) is 0. The van der Waals surface area contributed by atoms with Crippen LogP contribution >= 0.6 is 0 Å². The highest BCUT2D eigenvalue weighted by atomic mass is 15.0. The van der Waals surface area contributed by atoms with E-state index in [1.54, 1.807) is 0 Å². The molecular formula is C41H27N5. The van der Waals surface area contributed by atoms with E-state index in [1.807, 2.05) is 73.2 Å². The molecule has 0 aliphatic heterocycles. The Morgan fingerprint density at radius 2 is 0.848 bits per heavy atom. The molecule has 0 fully saturated rings. The lowest BCUT2D eigenvalue weighted by atomic mass is 9.95. The van der Waals surface area contributed by atoms with Crippen LogP contribution in [0.4, 0.5) is 0 Å². The van der Waals surface area contributed by atoms with Gasteiger partial charge in [-0.1, -0.05) is 109 Å². The van der Waals surface area contributed by atoms with Gasteiger partial charge in [0.25, 0.3) is 0 Å². The van der Waals surface area contributed by atoms with Crippen LogP contribution in [-0.4, -0.2) is 24.9 Å². The summed E-state index contributed by atoms with van der Waals surface area (Å²) in [5, 5.41) is 1.09. The molecule has 0 aliphatic rings. The second-order valence-corrected chi connectivity index (χ2v) is 11.0. The van der Waals surface area contributed by atoms with Gasteiger partial charge in [-0.3, -0.25) is 9.97 Å². The van der Waals surface area contributed by atoms with Crippen molar-refractivity contribution < 1.29 is 0 Å². The third-order valence-corrected chi connectivity index (χ3v) is 8.07. The van der Waals surface area contributed by atoms with E-state index in [1.165, 1.54) is 5.56 Å². The molecule has 0 N–H and O–H groups in total. The molecule has 0 aliphatic carbocycles. The molecule has 3 aromatic heterocycles. The number of fused-ring (bicyclic) bond motifs is 1. The Labute approximate surface area is 267 Å². The number of rotatable bonds is 6. The normalized spacial score (nSPS) is 11.0. The Kier molecular flexibility index (Phi) is 7.09. The van der Waals surface area contributed by atoms with Gasteiger partial charge in [-0.2, -0.15) is 0 Å². The Morgan fingerprint density at radius 3 is 1.57 bits per heavy atom. The third-order valence-electron chi connectivity index (χ3n) is 8.07. The molecule has 5 aromatic carbocycles. The summed E-state index contributed by atoms with van der Waals surface area (Å²) in [5.74, 6) is 1.84. The summed E-state index contributed by atoms with van der Waals surface area (Å²) in [6, 6.07) is 49.7. The van der Waals surface area contributed by atoms with Crippen LogP contribution in [0.15, 0.2) is 164 Å². The van der Waals surface area contributed by atoms with Gasteiger partial charge in [-0.05, 0) is 64.2 Å². The molecule has 0 saturated carbocycles. The molecule has 0 saturated heterocycles. The van der Waals surface area contributed by atoms with Gasteiger partial charge >= 0.3 is 0 Å². The summed E-state index contributed by atoms with van der Waals surface area (Å²) in [5.41, 5.74) is 10.2. The first-order valence-electron chi connectivity index (χ1n) is 15.2. The number of benzene rings is 5. The monoisotopic (exact) mass is 589 g/mol. The lowest BCUT2D eigenvalue weighted by Crippen LogP contribution is -2.00. The predicted molar refractivity (Wildman–Crippen MR) is 186 cm³/mol. The Bertz CT molecular complexity index is 2280. The molecule has 5 nitrogen and oxygen atoms in total. The molecule has 46 heavy (non-hydrogen) atoms. The maximum atomic E-state index is 5.08. The van der Waals surface area contributed by atoms with Crippen molar-refractivity contribution in [2.75, 3.05) is 0 Å². The van der Waals surface area contributed by atoms with Crippen molar-refractivity contribution in [3.63, 3.8) is 0 Å². The van der Waals surface area contributed by atoms with Gasteiger partial charge in [-0.15, -0.1) is 0 Å². The van der Waals surface area contributed by atoms with E-state index in [4.69, 9.17) is 19.9 Å². The first-order chi connectivity index (χ1) is 22.8. The summed E-state index contributed by atoms with van der Waals surface area (Å²) in [7, 11) is 0. The predicted octanol–water partition coefficient (Wildman–Crippen LogP) is 9.82. The van der Waals surface area contributed by atoms with Crippen molar-refractivity contribution in [1.82, 2.24) is 24.9 Å². The van der Waals surface area contributed by atoms with Gasteiger partial charge in [0.1, 0.15) is 0 Å². The number of hydrogen-bond donors (Lipinski definition) is 0. The minimum Gasteiger partial charge on any atom is -0.265 e. The van der Waals surface area contributed by atoms with Crippen molar-refractivity contribution in [2.24, 2.45) is 0 Å². The summed E-state index contributed by atoms with van der Waals surface area (Å²) in [4.78, 5) is 24.1. The highest BCUT2D eigenvalue weighted by Gasteiger charge is 2.16. The molecule has 5 heteroatoms. The van der Waals surface area contributed by atoms with E-state index in [-0.39, 0.29) is 0 Å². The fourth-order valence-corrected chi connectivity index (χ4v) is 5.75. The van der Waals surface area contributed by atoms with Gasteiger partial charge in [0.05, 0.1) is 5.52 Å². The molecular weight excluding hydrogens is 562 g/mol. The zero-order valence-electron chi connectivity index (χ0n) is 24.8. The van der Waals surface area contributed by atoms with Crippen LogP contribution in [0.2, 0.25) is 0 Å². The van der Waals surface area contributed by atoms with E-state index < -0.39 is 0 Å². The lowest BCUT2D eigenvalue weighted by molar-refractivity contribution is 1.07. The van der Waals surface area contributed by atoms with E-state index in [0.29, 0.717) is 17.5 Å². The van der Waals surface area contributed by atoms with Gasteiger partial charge in [-0.25, -0.2) is 15.0 Å². The Hall–Kier alpha value is -6.33. The van der Waals surface area contributed by atoms with Crippen LogP contribution in [0, 0.1) is 0 Å². The summed E-state index contributed by atoms with van der Waals surface area (Å²) in [6.45, 7) is 0. The van der Waals surface area contributed by atoms with E-state index >= 15 is 0 Å². The van der Waals surface area contributed by atoms with Gasteiger partial charge in [0, 0.05) is 46.2 Å². The molecule has 0 spiro atoms. The Morgan fingerprint density at radius 1 is 0.326 bits per heavy atom. The van der Waals surface area contributed by atoms with E-state index in [9.17, 15) is 0 Å². The first-order valence-corrected chi connectivity index (χ1v) is 15.2. The van der Waals surface area contributed by atoms with Gasteiger partial charge in [0.2, 0.25) is 0 Å². The van der Waals surface area contributed by atoms with Crippen LogP contribution in [0.1, 0.15) is 0 Å². The van der Waals surface area contributed by atoms with Crippen LogP contribution in [0.25, 0.3) is 78.4 Å². The number of pyridine rings is 2. The van der Waals surface area contributed by atoms with Crippen molar-refractivity contribution in [1.29, 1.82) is 0 Å². The van der Waals surface area contributed by atoms with Crippen LogP contribution in [0.5, 0.6) is 0 Å². The standard InChI is InChI=1S/C41H27N5/c1-3-9-28(10-4-1)29-16-18-33(19-17-29)40-44-39(32-11-5-2-6-12-32)45-41(46-40)36-26-34(30-20-23-42-24-21-30)25-35(27-36)37-15-7-13-31-14-8-22-43-38(31)37/h1-27H. The molecule has 8 rings (SSSR count). The molecule has 0 unspecified atom stereocenters. The highest BCUT2D eigenvalue weighted by molar-refractivity contribution is 5.95. The molecule has 8 aromatic rings. The second-order valence-electron chi connectivity index (χ2n) is 11.0.